The van der Waals surface area contributed by atoms with E-state index in [1.807, 2.05) is 0 Å². The Morgan fingerprint density at radius 1 is 1.40 bits per heavy atom. The van der Waals surface area contributed by atoms with E-state index in [1.165, 1.54) is 0 Å². The van der Waals surface area contributed by atoms with E-state index in [0.717, 1.165) is 38.6 Å². The van der Waals surface area contributed by atoms with Crippen LogP contribution < -0.4 is 5.32 Å². The Morgan fingerprint density at radius 2 is 2.07 bits per heavy atom. The molecule has 0 amide bonds. The fourth-order valence-electron chi connectivity index (χ4n) is 2.64. The zero-order chi connectivity index (χ0) is 11.5. The van der Waals surface area contributed by atoms with Gasteiger partial charge in [-0.1, -0.05) is 27.2 Å². The van der Waals surface area contributed by atoms with Crippen LogP contribution in [0.3, 0.4) is 0 Å². The molecule has 1 rings (SSSR count). The highest BCUT2D eigenvalue weighted by molar-refractivity contribution is 5.79. The maximum Gasteiger partial charge on any atom is 0.323 e. The average Bonchev–Trinajstić information content (AvgIpc) is 2.13. The first kappa shape index (κ1) is 12.5. The highest BCUT2D eigenvalue weighted by Gasteiger charge is 2.45. The second kappa shape index (κ2) is 4.52. The van der Waals surface area contributed by atoms with Crippen molar-refractivity contribution in [3.63, 3.8) is 0 Å². The predicted octanol–water partition coefficient (Wildman–Crippen LogP) is 2.41. The van der Waals surface area contributed by atoms with Crippen LogP contribution in [0, 0.1) is 5.41 Å². The number of carboxylic acid groups (broad SMARTS) is 1. The summed E-state index contributed by atoms with van der Waals surface area (Å²) < 4.78 is 0. The van der Waals surface area contributed by atoms with E-state index in [-0.39, 0.29) is 5.41 Å². The molecule has 3 nitrogen and oxygen atoms in total. The molecular weight excluding hydrogens is 190 g/mol. The van der Waals surface area contributed by atoms with E-state index in [0.29, 0.717) is 0 Å². The van der Waals surface area contributed by atoms with Crippen molar-refractivity contribution in [1.82, 2.24) is 5.32 Å². The normalized spacial score (nSPS) is 30.1. The number of nitrogens with one attached hydrogen (secondary N) is 1. The van der Waals surface area contributed by atoms with Crippen LogP contribution in [0.15, 0.2) is 0 Å². The number of rotatable bonds is 4. The second-order valence-electron chi connectivity index (χ2n) is 5.51. The first-order chi connectivity index (χ1) is 6.92. The molecule has 1 fully saturated rings. The van der Waals surface area contributed by atoms with Gasteiger partial charge in [0.25, 0.3) is 0 Å². The fraction of sp³-hybridized carbons (Fsp3) is 0.917. The number of carbonyl (C=O) groups is 1. The molecule has 0 aromatic carbocycles. The standard InChI is InChI=1S/C12H23NO2/c1-4-8-13-12(10(14)15)7-5-6-11(2,3)9-12/h13H,4-9H2,1-3H3,(H,14,15). The molecule has 0 aromatic rings. The van der Waals surface area contributed by atoms with Crippen molar-refractivity contribution in [3.05, 3.63) is 0 Å². The van der Waals surface area contributed by atoms with Gasteiger partial charge in [-0.05, 0) is 37.6 Å². The molecule has 88 valence electrons. The molecule has 2 N–H and O–H groups in total. The van der Waals surface area contributed by atoms with Crippen molar-refractivity contribution in [2.24, 2.45) is 5.41 Å². The third kappa shape index (κ3) is 2.94. The monoisotopic (exact) mass is 213 g/mol. The first-order valence-electron chi connectivity index (χ1n) is 5.90. The third-order valence-electron chi connectivity index (χ3n) is 3.36. The third-order valence-corrected chi connectivity index (χ3v) is 3.36. The molecule has 1 aliphatic carbocycles. The van der Waals surface area contributed by atoms with Gasteiger partial charge in [0.15, 0.2) is 0 Å². The Hall–Kier alpha value is -0.570. The minimum atomic E-state index is -0.677. The first-order valence-corrected chi connectivity index (χ1v) is 5.90. The van der Waals surface area contributed by atoms with Crippen LogP contribution in [0.1, 0.15) is 52.9 Å². The van der Waals surface area contributed by atoms with Crippen molar-refractivity contribution in [1.29, 1.82) is 0 Å². The summed E-state index contributed by atoms with van der Waals surface area (Å²) in [6, 6.07) is 0. The maximum atomic E-state index is 11.4. The van der Waals surface area contributed by atoms with Gasteiger partial charge in [0.1, 0.15) is 5.54 Å². The van der Waals surface area contributed by atoms with Crippen molar-refractivity contribution in [2.75, 3.05) is 6.54 Å². The maximum absolute atomic E-state index is 11.4. The predicted molar refractivity (Wildman–Crippen MR) is 60.9 cm³/mol. The van der Waals surface area contributed by atoms with Crippen molar-refractivity contribution in [2.45, 2.75) is 58.4 Å². The molecule has 0 bridgehead atoms. The van der Waals surface area contributed by atoms with Gasteiger partial charge in [0.05, 0.1) is 0 Å². The summed E-state index contributed by atoms with van der Waals surface area (Å²) in [6.07, 6.45) is 4.64. The minimum absolute atomic E-state index is 0.150. The van der Waals surface area contributed by atoms with E-state index < -0.39 is 11.5 Å². The Morgan fingerprint density at radius 3 is 2.53 bits per heavy atom. The second-order valence-corrected chi connectivity index (χ2v) is 5.51. The smallest absolute Gasteiger partial charge is 0.323 e. The molecule has 1 unspecified atom stereocenters. The molecule has 15 heavy (non-hydrogen) atoms. The summed E-state index contributed by atoms with van der Waals surface area (Å²) in [5.41, 5.74) is -0.519. The summed E-state index contributed by atoms with van der Waals surface area (Å²) >= 11 is 0. The van der Waals surface area contributed by atoms with E-state index in [1.54, 1.807) is 0 Å². The van der Waals surface area contributed by atoms with Gasteiger partial charge < -0.3 is 10.4 Å². The summed E-state index contributed by atoms with van der Waals surface area (Å²) in [7, 11) is 0. The molecule has 1 atom stereocenters. The van der Waals surface area contributed by atoms with Gasteiger partial charge in [-0.3, -0.25) is 4.79 Å². The van der Waals surface area contributed by atoms with Crippen LogP contribution in [-0.2, 0) is 4.79 Å². The van der Waals surface area contributed by atoms with Crippen LogP contribution in [-0.4, -0.2) is 23.2 Å². The zero-order valence-electron chi connectivity index (χ0n) is 10.1. The lowest BCUT2D eigenvalue weighted by molar-refractivity contribution is -0.148. The fourth-order valence-corrected chi connectivity index (χ4v) is 2.64. The van der Waals surface area contributed by atoms with Crippen LogP contribution in [0.25, 0.3) is 0 Å². The molecular formula is C12H23NO2. The SMILES string of the molecule is CCCNC1(C(=O)O)CCCC(C)(C)C1. The van der Waals surface area contributed by atoms with Gasteiger partial charge in [-0.2, -0.15) is 0 Å². The summed E-state index contributed by atoms with van der Waals surface area (Å²) in [4.78, 5) is 11.4. The highest BCUT2D eigenvalue weighted by Crippen LogP contribution is 2.41. The minimum Gasteiger partial charge on any atom is -0.480 e. The van der Waals surface area contributed by atoms with Gasteiger partial charge in [0, 0.05) is 0 Å². The van der Waals surface area contributed by atoms with Crippen LogP contribution in [0.2, 0.25) is 0 Å². The van der Waals surface area contributed by atoms with E-state index >= 15 is 0 Å². The Bertz CT molecular complexity index is 238. The number of hydrogen-bond acceptors (Lipinski definition) is 2. The lowest BCUT2D eigenvalue weighted by atomic mass is 9.68. The topological polar surface area (TPSA) is 49.3 Å². The molecule has 1 aliphatic rings. The molecule has 3 heteroatoms. The summed E-state index contributed by atoms with van der Waals surface area (Å²) in [5, 5.41) is 12.6. The van der Waals surface area contributed by atoms with E-state index in [9.17, 15) is 9.90 Å². The van der Waals surface area contributed by atoms with Crippen LogP contribution >= 0.6 is 0 Å². The quantitative estimate of drug-likeness (QED) is 0.754. The number of aliphatic carboxylic acids is 1. The molecule has 0 aromatic heterocycles. The summed E-state index contributed by atoms with van der Waals surface area (Å²) in [5.74, 6) is -0.677. The molecule has 0 saturated heterocycles. The highest BCUT2D eigenvalue weighted by atomic mass is 16.4. The van der Waals surface area contributed by atoms with Crippen LogP contribution in [0.5, 0.6) is 0 Å². The van der Waals surface area contributed by atoms with Gasteiger partial charge in [-0.25, -0.2) is 0 Å². The van der Waals surface area contributed by atoms with Gasteiger partial charge >= 0.3 is 5.97 Å². The Kier molecular flexibility index (Phi) is 3.77. The number of carboxylic acids is 1. The van der Waals surface area contributed by atoms with Crippen molar-refractivity contribution in [3.8, 4) is 0 Å². The largest absolute Gasteiger partial charge is 0.480 e. The lowest BCUT2D eigenvalue weighted by Crippen LogP contribution is -2.56. The number of hydrogen-bond donors (Lipinski definition) is 2. The van der Waals surface area contributed by atoms with E-state index in [2.05, 4.69) is 26.1 Å². The Balaban J connectivity index is 2.76. The molecule has 0 heterocycles. The molecule has 0 radical (unpaired) electrons. The zero-order valence-corrected chi connectivity index (χ0v) is 10.1. The lowest BCUT2D eigenvalue weighted by Gasteiger charge is -2.42. The van der Waals surface area contributed by atoms with Crippen molar-refractivity contribution >= 4 is 5.97 Å². The molecule has 0 spiro atoms. The van der Waals surface area contributed by atoms with Gasteiger partial charge in [0.2, 0.25) is 0 Å². The molecule has 0 aliphatic heterocycles. The van der Waals surface area contributed by atoms with Gasteiger partial charge in [-0.15, -0.1) is 0 Å². The summed E-state index contributed by atoms with van der Waals surface area (Å²) in [6.45, 7) is 7.19. The van der Waals surface area contributed by atoms with E-state index in [4.69, 9.17) is 0 Å². The Labute approximate surface area is 92.3 Å². The molecule has 1 saturated carbocycles. The van der Waals surface area contributed by atoms with Crippen LogP contribution in [0.4, 0.5) is 0 Å². The average molecular weight is 213 g/mol. The van der Waals surface area contributed by atoms with Crippen molar-refractivity contribution < 1.29 is 9.90 Å².